The number of likely N-dealkylation sites (tertiary alicyclic amines) is 1. The molecule has 1 saturated heterocycles. The summed E-state index contributed by atoms with van der Waals surface area (Å²) in [5, 5.41) is 8.54. The zero-order valence-corrected chi connectivity index (χ0v) is 10.7. The number of amides is 1. The first-order valence-corrected chi connectivity index (χ1v) is 6.30. The molecule has 0 aliphatic carbocycles. The number of carbonyl (C=O) groups excluding carboxylic acids is 2. The van der Waals surface area contributed by atoms with E-state index < -0.39 is 5.92 Å². The van der Waals surface area contributed by atoms with Gasteiger partial charge in [-0.1, -0.05) is 30.3 Å². The van der Waals surface area contributed by atoms with E-state index in [0.29, 0.717) is 6.42 Å². The number of benzene rings is 1. The number of ketones is 1. The standard InChI is InChI=1S/C13H15NO3S/c15-8-14-12(17)11(13(14)18)7-10(16)6-9-4-2-1-3-5-9/h1-5,11,13,15,18H,6-8H2/t11?,13-/m1/s1. The minimum atomic E-state index is -0.392. The van der Waals surface area contributed by atoms with Gasteiger partial charge in [0.1, 0.15) is 12.5 Å². The van der Waals surface area contributed by atoms with Crippen molar-refractivity contribution in [3.8, 4) is 0 Å². The molecule has 1 amide bonds. The highest BCUT2D eigenvalue weighted by Crippen LogP contribution is 2.31. The molecule has 5 heteroatoms. The fraction of sp³-hybridized carbons (Fsp3) is 0.385. The Kier molecular flexibility index (Phi) is 4.04. The van der Waals surface area contributed by atoms with Gasteiger partial charge in [-0.3, -0.25) is 9.59 Å². The number of thiol groups is 1. The van der Waals surface area contributed by atoms with Crippen LogP contribution in [0.15, 0.2) is 30.3 Å². The molecule has 1 aromatic rings. The molecule has 1 unspecified atom stereocenters. The van der Waals surface area contributed by atoms with Gasteiger partial charge in [0, 0.05) is 12.8 Å². The Labute approximate surface area is 111 Å². The first-order valence-electron chi connectivity index (χ1n) is 5.78. The summed E-state index contributed by atoms with van der Waals surface area (Å²) in [5.41, 5.74) is 0.948. The molecule has 96 valence electrons. The fourth-order valence-electron chi connectivity index (χ4n) is 2.09. The molecule has 1 fully saturated rings. The Morgan fingerprint density at radius 2 is 2.00 bits per heavy atom. The predicted molar refractivity (Wildman–Crippen MR) is 70.0 cm³/mol. The Morgan fingerprint density at radius 3 is 2.56 bits per heavy atom. The van der Waals surface area contributed by atoms with E-state index in [9.17, 15) is 9.59 Å². The van der Waals surface area contributed by atoms with Gasteiger partial charge in [-0.05, 0) is 5.56 Å². The van der Waals surface area contributed by atoms with Crippen LogP contribution in [0.1, 0.15) is 12.0 Å². The first kappa shape index (κ1) is 13.1. The van der Waals surface area contributed by atoms with Crippen LogP contribution in [0.5, 0.6) is 0 Å². The number of β-lactam (4-membered cyclic amide) rings is 1. The van der Waals surface area contributed by atoms with E-state index in [0.717, 1.165) is 5.56 Å². The summed E-state index contributed by atoms with van der Waals surface area (Å²) in [7, 11) is 0. The van der Waals surface area contributed by atoms with Crippen LogP contribution in [0.3, 0.4) is 0 Å². The minimum absolute atomic E-state index is 0.0242. The predicted octanol–water partition coefficient (Wildman–Crippen LogP) is 0.852. The highest BCUT2D eigenvalue weighted by molar-refractivity contribution is 7.81. The Morgan fingerprint density at radius 1 is 1.33 bits per heavy atom. The molecular formula is C13H15NO3S. The summed E-state index contributed by atoms with van der Waals surface area (Å²) < 4.78 is 0. The summed E-state index contributed by atoms with van der Waals surface area (Å²) in [4.78, 5) is 24.6. The summed E-state index contributed by atoms with van der Waals surface area (Å²) in [6, 6.07) is 9.43. The van der Waals surface area contributed by atoms with E-state index in [4.69, 9.17) is 5.11 Å². The SMILES string of the molecule is O=C(Cc1ccccc1)CC1C(=O)N(CO)[C@@H]1S. The third kappa shape index (κ3) is 2.57. The van der Waals surface area contributed by atoms with E-state index in [1.54, 1.807) is 0 Å². The van der Waals surface area contributed by atoms with Crippen molar-refractivity contribution in [1.82, 2.24) is 4.90 Å². The zero-order valence-electron chi connectivity index (χ0n) is 9.82. The molecule has 2 rings (SSSR count). The van der Waals surface area contributed by atoms with Crippen LogP contribution in [0, 0.1) is 5.92 Å². The number of hydrogen-bond donors (Lipinski definition) is 2. The lowest BCUT2D eigenvalue weighted by Gasteiger charge is -2.43. The molecule has 1 aliphatic heterocycles. The molecule has 18 heavy (non-hydrogen) atoms. The average molecular weight is 265 g/mol. The van der Waals surface area contributed by atoms with Crippen LogP contribution in [0.2, 0.25) is 0 Å². The highest BCUT2D eigenvalue weighted by Gasteiger charge is 2.45. The Bertz CT molecular complexity index is 449. The van der Waals surface area contributed by atoms with Crippen molar-refractivity contribution in [3.63, 3.8) is 0 Å². The van der Waals surface area contributed by atoms with Gasteiger partial charge >= 0.3 is 0 Å². The number of aliphatic hydroxyl groups excluding tert-OH is 1. The number of nitrogens with zero attached hydrogens (tertiary/aromatic N) is 1. The second-order valence-electron chi connectivity index (χ2n) is 4.37. The summed E-state index contributed by atoms with van der Waals surface area (Å²) in [5.74, 6) is -0.563. The van der Waals surface area contributed by atoms with Gasteiger partial charge in [0.05, 0.1) is 11.3 Å². The minimum Gasteiger partial charge on any atom is -0.376 e. The number of rotatable bonds is 5. The average Bonchev–Trinajstić information content (AvgIpc) is 2.38. The lowest BCUT2D eigenvalue weighted by atomic mass is 9.91. The van der Waals surface area contributed by atoms with Gasteiger partial charge in [-0.25, -0.2) is 0 Å². The van der Waals surface area contributed by atoms with Gasteiger partial charge in [0.25, 0.3) is 0 Å². The van der Waals surface area contributed by atoms with Crippen molar-refractivity contribution in [2.75, 3.05) is 6.73 Å². The van der Waals surface area contributed by atoms with Crippen molar-refractivity contribution >= 4 is 24.3 Å². The maximum absolute atomic E-state index is 11.8. The van der Waals surface area contributed by atoms with Crippen molar-refractivity contribution in [3.05, 3.63) is 35.9 Å². The molecule has 0 bridgehead atoms. The number of hydrogen-bond acceptors (Lipinski definition) is 4. The van der Waals surface area contributed by atoms with E-state index in [1.165, 1.54) is 4.90 Å². The molecule has 0 saturated carbocycles. The van der Waals surface area contributed by atoms with E-state index in [-0.39, 0.29) is 30.2 Å². The highest BCUT2D eigenvalue weighted by atomic mass is 32.1. The maximum Gasteiger partial charge on any atom is 0.231 e. The van der Waals surface area contributed by atoms with Crippen molar-refractivity contribution in [1.29, 1.82) is 0 Å². The molecule has 0 spiro atoms. The summed E-state index contributed by atoms with van der Waals surface area (Å²) >= 11 is 4.21. The quantitative estimate of drug-likeness (QED) is 0.613. The molecule has 1 heterocycles. The molecule has 1 aromatic carbocycles. The van der Waals surface area contributed by atoms with Crippen LogP contribution in [-0.2, 0) is 16.0 Å². The molecule has 1 aliphatic rings. The molecule has 4 nitrogen and oxygen atoms in total. The lowest BCUT2D eigenvalue weighted by molar-refractivity contribution is -0.158. The summed E-state index contributed by atoms with van der Waals surface area (Å²) in [6.07, 6.45) is 0.530. The third-order valence-electron chi connectivity index (χ3n) is 3.12. The van der Waals surface area contributed by atoms with Gasteiger partial charge in [0.15, 0.2) is 0 Å². The topological polar surface area (TPSA) is 57.6 Å². The molecule has 2 atom stereocenters. The van der Waals surface area contributed by atoms with Gasteiger partial charge < -0.3 is 10.0 Å². The van der Waals surface area contributed by atoms with E-state index in [2.05, 4.69) is 12.6 Å². The van der Waals surface area contributed by atoms with Crippen molar-refractivity contribution in [2.45, 2.75) is 18.2 Å². The van der Waals surface area contributed by atoms with E-state index in [1.807, 2.05) is 30.3 Å². The van der Waals surface area contributed by atoms with Crippen LogP contribution < -0.4 is 0 Å². The molecule has 0 aromatic heterocycles. The van der Waals surface area contributed by atoms with Crippen molar-refractivity contribution in [2.24, 2.45) is 5.92 Å². The first-order chi connectivity index (χ1) is 8.63. The molecular weight excluding hydrogens is 250 g/mol. The maximum atomic E-state index is 11.8. The smallest absolute Gasteiger partial charge is 0.231 e. The van der Waals surface area contributed by atoms with Crippen LogP contribution in [0.4, 0.5) is 0 Å². The van der Waals surface area contributed by atoms with Crippen LogP contribution in [-0.4, -0.2) is 33.8 Å². The molecule has 1 N–H and O–H groups in total. The van der Waals surface area contributed by atoms with Crippen molar-refractivity contribution < 1.29 is 14.7 Å². The van der Waals surface area contributed by atoms with Crippen LogP contribution >= 0.6 is 12.6 Å². The number of carbonyl (C=O) groups is 2. The zero-order chi connectivity index (χ0) is 13.1. The van der Waals surface area contributed by atoms with Crippen LogP contribution in [0.25, 0.3) is 0 Å². The number of Topliss-reactive ketones (excluding diaryl/α,β-unsaturated/α-hetero) is 1. The Balaban J connectivity index is 1.88. The third-order valence-corrected chi connectivity index (χ3v) is 3.76. The monoisotopic (exact) mass is 265 g/mol. The second kappa shape index (κ2) is 5.54. The normalized spacial score (nSPS) is 22.8. The second-order valence-corrected chi connectivity index (χ2v) is 4.90. The lowest BCUT2D eigenvalue weighted by Crippen LogP contribution is -2.58. The van der Waals surface area contributed by atoms with Gasteiger partial charge in [-0.15, -0.1) is 0 Å². The van der Waals surface area contributed by atoms with Gasteiger partial charge in [-0.2, -0.15) is 12.6 Å². The largest absolute Gasteiger partial charge is 0.376 e. The van der Waals surface area contributed by atoms with Gasteiger partial charge in [0.2, 0.25) is 5.91 Å². The fourth-order valence-corrected chi connectivity index (χ4v) is 2.51. The number of aliphatic hydroxyl groups is 1. The van der Waals surface area contributed by atoms with E-state index >= 15 is 0 Å². The summed E-state index contributed by atoms with van der Waals surface area (Å²) in [6.45, 7) is -0.337. The Hall–Kier alpha value is -1.33. The molecule has 0 radical (unpaired) electrons.